The molecular weight excluding hydrogens is 485 g/mol. The Morgan fingerprint density at radius 1 is 0.944 bits per heavy atom. The van der Waals surface area contributed by atoms with E-state index < -0.39 is 15.8 Å². The molecule has 0 radical (unpaired) electrons. The molecule has 0 unspecified atom stereocenters. The average Bonchev–Trinajstić information content (AvgIpc) is 3.34. The quantitative estimate of drug-likeness (QED) is 0.479. The highest BCUT2D eigenvalue weighted by Crippen LogP contribution is 2.38. The molecule has 1 saturated heterocycles. The Balaban J connectivity index is 1.22. The molecule has 9 nitrogen and oxygen atoms in total. The number of anilines is 4. The second-order valence-corrected chi connectivity index (χ2v) is 10.9. The van der Waals surface area contributed by atoms with E-state index in [1.54, 1.807) is 55.7 Å². The first-order valence-electron chi connectivity index (χ1n) is 11.8. The molecule has 1 aromatic heterocycles. The molecule has 1 saturated carbocycles. The van der Waals surface area contributed by atoms with Gasteiger partial charge in [-0.25, -0.2) is 17.8 Å². The number of nitrogens with zero attached hydrogens (tertiary/aromatic N) is 3. The minimum absolute atomic E-state index is 0.101. The van der Waals surface area contributed by atoms with Gasteiger partial charge in [0.05, 0.1) is 18.1 Å². The van der Waals surface area contributed by atoms with Gasteiger partial charge in [0.1, 0.15) is 11.6 Å². The Bertz CT molecular complexity index is 1290. The third-order valence-corrected chi connectivity index (χ3v) is 8.53. The summed E-state index contributed by atoms with van der Waals surface area (Å²) in [6, 6.07) is 14.0. The van der Waals surface area contributed by atoms with E-state index in [2.05, 4.69) is 20.6 Å². The molecular formula is C25H28FN5O4S. The van der Waals surface area contributed by atoms with Crippen molar-refractivity contribution in [3.63, 3.8) is 0 Å². The summed E-state index contributed by atoms with van der Waals surface area (Å²) in [7, 11) is -2.02. The third-order valence-electron chi connectivity index (χ3n) is 6.60. The van der Waals surface area contributed by atoms with Gasteiger partial charge in [-0.15, -0.1) is 0 Å². The number of rotatable bonds is 7. The van der Waals surface area contributed by atoms with E-state index in [4.69, 9.17) is 9.47 Å². The van der Waals surface area contributed by atoms with Crippen LogP contribution in [0.4, 0.5) is 27.5 Å². The van der Waals surface area contributed by atoms with Crippen LogP contribution in [0.15, 0.2) is 65.7 Å². The third kappa shape index (κ3) is 5.34. The summed E-state index contributed by atoms with van der Waals surface area (Å²) in [5.74, 6) is 0.0232. The van der Waals surface area contributed by atoms with Crippen molar-refractivity contribution in [2.75, 3.05) is 30.9 Å². The van der Waals surface area contributed by atoms with Crippen LogP contribution in [0.1, 0.15) is 25.7 Å². The number of hydrogen-bond donors (Lipinski definition) is 2. The van der Waals surface area contributed by atoms with Gasteiger partial charge in [-0.1, -0.05) is 0 Å². The summed E-state index contributed by atoms with van der Waals surface area (Å²) in [6.45, 7) is 1.19. The van der Waals surface area contributed by atoms with Gasteiger partial charge in [0.15, 0.2) is 5.79 Å². The van der Waals surface area contributed by atoms with Gasteiger partial charge in [0, 0.05) is 43.5 Å². The van der Waals surface area contributed by atoms with Gasteiger partial charge in [0.25, 0.3) is 0 Å². The highest BCUT2D eigenvalue weighted by Gasteiger charge is 2.42. The zero-order valence-corrected chi connectivity index (χ0v) is 20.7. The smallest absolute Gasteiger partial charge is 0.243 e. The fourth-order valence-electron chi connectivity index (χ4n) is 4.56. The monoisotopic (exact) mass is 513 g/mol. The lowest BCUT2D eigenvalue weighted by Gasteiger charge is -2.38. The molecule has 1 aliphatic carbocycles. The summed E-state index contributed by atoms with van der Waals surface area (Å²) >= 11 is 0. The van der Waals surface area contributed by atoms with Crippen molar-refractivity contribution in [2.45, 2.75) is 42.4 Å². The zero-order valence-electron chi connectivity index (χ0n) is 19.9. The topological polar surface area (TPSA) is 106 Å². The molecule has 1 aliphatic heterocycles. The van der Waals surface area contributed by atoms with E-state index in [0.717, 1.165) is 0 Å². The molecule has 2 heterocycles. The van der Waals surface area contributed by atoms with Crippen molar-refractivity contribution in [2.24, 2.45) is 0 Å². The minimum Gasteiger partial charge on any atom is -0.348 e. The van der Waals surface area contributed by atoms with Crippen LogP contribution in [0.2, 0.25) is 0 Å². The molecule has 2 aromatic carbocycles. The van der Waals surface area contributed by atoms with Crippen LogP contribution in [-0.2, 0) is 19.5 Å². The first-order valence-corrected chi connectivity index (χ1v) is 13.3. The number of hydrogen-bond acceptors (Lipinski definition) is 8. The maximum Gasteiger partial charge on any atom is 0.243 e. The zero-order chi connectivity index (χ0) is 25.2. The number of nitrogens with one attached hydrogen (secondary N) is 2. The van der Waals surface area contributed by atoms with Crippen molar-refractivity contribution in [1.82, 2.24) is 14.3 Å². The van der Waals surface area contributed by atoms with Crippen molar-refractivity contribution < 1.29 is 22.3 Å². The van der Waals surface area contributed by atoms with Gasteiger partial charge in [-0.05, 0) is 67.4 Å². The Morgan fingerprint density at radius 2 is 1.56 bits per heavy atom. The lowest BCUT2D eigenvalue weighted by molar-refractivity contribution is -0.181. The van der Waals surface area contributed by atoms with Gasteiger partial charge in [-0.2, -0.15) is 9.29 Å². The fourth-order valence-corrected chi connectivity index (χ4v) is 5.98. The van der Waals surface area contributed by atoms with Crippen molar-refractivity contribution >= 4 is 33.2 Å². The first-order chi connectivity index (χ1) is 17.3. The lowest BCUT2D eigenvalue weighted by Crippen LogP contribution is -2.44. The Kier molecular flexibility index (Phi) is 6.89. The number of ether oxygens (including phenoxy) is 2. The summed E-state index contributed by atoms with van der Waals surface area (Å²) in [4.78, 5) is 8.83. The Hall–Kier alpha value is -3.12. The molecule has 1 spiro atoms. The van der Waals surface area contributed by atoms with Crippen LogP contribution in [0.5, 0.6) is 0 Å². The van der Waals surface area contributed by atoms with Gasteiger partial charge >= 0.3 is 0 Å². The standard InChI is InChI=1S/C25H28FN5O4S/c1-31(21-10-13-25(14-11-21)34-16-17-35-25)36(32,33)22-8-6-20(7-9-22)29-24-27-15-12-23(30-24)28-19-4-2-18(26)3-5-19/h2-9,12,15,21H,10-11,13-14,16-17H2,1H3,(H2,27,28,29,30). The van der Waals surface area contributed by atoms with Crippen LogP contribution >= 0.6 is 0 Å². The molecule has 3 aromatic rings. The summed E-state index contributed by atoms with van der Waals surface area (Å²) in [6.07, 6.45) is 4.35. The maximum absolute atomic E-state index is 13.2. The number of halogens is 1. The molecule has 2 fully saturated rings. The average molecular weight is 514 g/mol. The van der Waals surface area contributed by atoms with E-state index in [1.165, 1.54) is 16.4 Å². The molecule has 5 rings (SSSR count). The molecule has 2 aliphatic rings. The maximum atomic E-state index is 13.2. The van der Waals surface area contributed by atoms with E-state index >= 15 is 0 Å². The molecule has 0 atom stereocenters. The van der Waals surface area contributed by atoms with E-state index in [0.29, 0.717) is 62.0 Å². The van der Waals surface area contributed by atoms with Gasteiger partial charge < -0.3 is 20.1 Å². The summed E-state index contributed by atoms with van der Waals surface area (Å²) < 4.78 is 52.6. The van der Waals surface area contributed by atoms with Crippen molar-refractivity contribution in [1.29, 1.82) is 0 Å². The molecule has 11 heteroatoms. The molecule has 190 valence electrons. The van der Waals surface area contributed by atoms with E-state index in [1.807, 2.05) is 0 Å². The highest BCUT2D eigenvalue weighted by molar-refractivity contribution is 7.89. The van der Waals surface area contributed by atoms with E-state index in [9.17, 15) is 12.8 Å². The van der Waals surface area contributed by atoms with E-state index in [-0.39, 0.29) is 16.8 Å². The summed E-state index contributed by atoms with van der Waals surface area (Å²) in [5.41, 5.74) is 1.34. The first kappa shape index (κ1) is 24.6. The van der Waals surface area contributed by atoms with Gasteiger partial charge in [0.2, 0.25) is 16.0 Å². The normalized spacial score (nSPS) is 18.0. The van der Waals surface area contributed by atoms with Crippen LogP contribution < -0.4 is 10.6 Å². The minimum atomic E-state index is -3.65. The second-order valence-electron chi connectivity index (χ2n) is 8.91. The predicted octanol–water partition coefficient (Wildman–Crippen LogP) is 4.41. The molecule has 2 N–H and O–H groups in total. The Labute approximate surface area is 209 Å². The molecule has 0 amide bonds. The highest BCUT2D eigenvalue weighted by atomic mass is 32.2. The number of sulfonamides is 1. The lowest BCUT2D eigenvalue weighted by atomic mass is 9.90. The van der Waals surface area contributed by atoms with Crippen molar-refractivity contribution in [3.05, 3.63) is 66.6 Å². The summed E-state index contributed by atoms with van der Waals surface area (Å²) in [5, 5.41) is 6.17. The van der Waals surface area contributed by atoms with Crippen LogP contribution in [0, 0.1) is 5.82 Å². The second kappa shape index (κ2) is 10.1. The molecule has 36 heavy (non-hydrogen) atoms. The van der Waals surface area contributed by atoms with Crippen LogP contribution in [-0.4, -0.2) is 54.8 Å². The predicted molar refractivity (Wildman–Crippen MR) is 133 cm³/mol. The number of benzene rings is 2. The SMILES string of the molecule is CN(C1CCC2(CC1)OCCO2)S(=O)(=O)c1ccc(Nc2nccc(Nc3ccc(F)cc3)n2)cc1. The number of aromatic nitrogens is 2. The molecule has 0 bridgehead atoms. The van der Waals surface area contributed by atoms with Crippen LogP contribution in [0.3, 0.4) is 0 Å². The fraction of sp³-hybridized carbons (Fsp3) is 0.360. The van der Waals surface area contributed by atoms with Crippen LogP contribution in [0.25, 0.3) is 0 Å². The van der Waals surface area contributed by atoms with Gasteiger partial charge in [-0.3, -0.25) is 0 Å². The Morgan fingerprint density at radius 3 is 2.22 bits per heavy atom. The van der Waals surface area contributed by atoms with Crippen molar-refractivity contribution in [3.8, 4) is 0 Å². The largest absolute Gasteiger partial charge is 0.348 e.